The van der Waals surface area contributed by atoms with Crippen LogP contribution in [0.4, 0.5) is 0 Å². The van der Waals surface area contributed by atoms with Crippen LogP contribution in [0.3, 0.4) is 0 Å². The number of aldehydes is 1. The largest absolute Gasteiger partial charge is 0.299 e. The molecule has 0 radical (unpaired) electrons. The van der Waals surface area contributed by atoms with Gasteiger partial charge in [-0.15, -0.1) is 0 Å². The van der Waals surface area contributed by atoms with Crippen molar-refractivity contribution < 1.29 is 4.79 Å². The molecule has 2 rings (SSSR count). The van der Waals surface area contributed by atoms with E-state index in [0.29, 0.717) is 0 Å². The van der Waals surface area contributed by atoms with Crippen LogP contribution in [0.1, 0.15) is 22.3 Å². The lowest BCUT2D eigenvalue weighted by Crippen LogP contribution is -1.99. The molecule has 0 aromatic heterocycles. The standard InChI is InChI=1S/C19H20O/c1-15-7-3-5-9-18(15)13-17(11-12-20)14-19-10-6-4-8-16(19)2/h3-12H,13-14H2,1-2H3. The minimum absolute atomic E-state index is 0.833. The van der Waals surface area contributed by atoms with Gasteiger partial charge in [0.2, 0.25) is 0 Å². The minimum atomic E-state index is 0.833. The Bertz CT molecular complexity index is 574. The van der Waals surface area contributed by atoms with Crippen molar-refractivity contribution in [2.45, 2.75) is 26.7 Å². The number of benzene rings is 2. The Labute approximate surface area is 121 Å². The van der Waals surface area contributed by atoms with E-state index >= 15 is 0 Å². The zero-order valence-corrected chi connectivity index (χ0v) is 12.1. The summed E-state index contributed by atoms with van der Waals surface area (Å²) < 4.78 is 0. The van der Waals surface area contributed by atoms with Crippen LogP contribution < -0.4 is 0 Å². The second-order valence-electron chi connectivity index (χ2n) is 5.17. The predicted octanol–water partition coefficient (Wildman–Crippen LogP) is 4.21. The molecule has 0 spiro atoms. The van der Waals surface area contributed by atoms with Crippen molar-refractivity contribution in [1.29, 1.82) is 0 Å². The molecular weight excluding hydrogens is 244 g/mol. The lowest BCUT2D eigenvalue weighted by molar-refractivity contribution is -0.104. The highest BCUT2D eigenvalue weighted by atomic mass is 16.1. The van der Waals surface area contributed by atoms with Gasteiger partial charge >= 0.3 is 0 Å². The van der Waals surface area contributed by atoms with Crippen molar-refractivity contribution in [3.05, 3.63) is 82.4 Å². The lowest BCUT2D eigenvalue weighted by atomic mass is 9.94. The molecular formula is C19H20O. The molecule has 1 heteroatoms. The van der Waals surface area contributed by atoms with Crippen LogP contribution >= 0.6 is 0 Å². The van der Waals surface area contributed by atoms with Crippen molar-refractivity contribution in [3.63, 3.8) is 0 Å². The van der Waals surface area contributed by atoms with E-state index in [9.17, 15) is 4.79 Å². The van der Waals surface area contributed by atoms with Gasteiger partial charge in [0.15, 0.2) is 0 Å². The molecule has 0 aliphatic heterocycles. The summed E-state index contributed by atoms with van der Waals surface area (Å²) in [5.74, 6) is 0. The molecule has 20 heavy (non-hydrogen) atoms. The van der Waals surface area contributed by atoms with Gasteiger partial charge in [-0.2, -0.15) is 0 Å². The van der Waals surface area contributed by atoms with Crippen LogP contribution in [0.25, 0.3) is 0 Å². The van der Waals surface area contributed by atoms with E-state index < -0.39 is 0 Å². The first-order chi connectivity index (χ1) is 9.70. The first kappa shape index (κ1) is 14.3. The predicted molar refractivity (Wildman–Crippen MR) is 83.9 cm³/mol. The molecule has 0 unspecified atom stereocenters. The van der Waals surface area contributed by atoms with E-state index in [2.05, 4.69) is 50.2 Å². The van der Waals surface area contributed by atoms with Gasteiger partial charge in [-0.3, -0.25) is 4.79 Å². The molecule has 0 saturated heterocycles. The highest BCUT2D eigenvalue weighted by Gasteiger charge is 2.05. The number of carbonyl (C=O) groups excluding carboxylic acids is 1. The summed E-state index contributed by atoms with van der Waals surface area (Å²) in [7, 11) is 0. The van der Waals surface area contributed by atoms with Gasteiger partial charge in [0.1, 0.15) is 6.29 Å². The Morgan fingerprint density at radius 2 is 1.30 bits per heavy atom. The molecule has 0 N–H and O–H groups in total. The van der Waals surface area contributed by atoms with Gasteiger partial charge in [0.05, 0.1) is 0 Å². The van der Waals surface area contributed by atoms with Gasteiger partial charge in [-0.1, -0.05) is 54.1 Å². The normalized spacial score (nSPS) is 10.1. The third kappa shape index (κ3) is 3.67. The number of hydrogen-bond acceptors (Lipinski definition) is 1. The number of rotatable bonds is 5. The van der Waals surface area contributed by atoms with Crippen molar-refractivity contribution >= 4 is 6.29 Å². The van der Waals surface area contributed by atoms with Gasteiger partial charge in [-0.05, 0) is 55.0 Å². The average Bonchev–Trinajstić information content (AvgIpc) is 2.44. The van der Waals surface area contributed by atoms with Crippen molar-refractivity contribution in [2.75, 3.05) is 0 Å². The van der Waals surface area contributed by atoms with Crippen LogP contribution in [0.2, 0.25) is 0 Å². The van der Waals surface area contributed by atoms with Gasteiger partial charge in [0, 0.05) is 0 Å². The van der Waals surface area contributed by atoms with Crippen molar-refractivity contribution in [1.82, 2.24) is 0 Å². The SMILES string of the molecule is Cc1ccccc1CC(=CC=O)Cc1ccccc1C. The second-order valence-corrected chi connectivity index (χ2v) is 5.17. The van der Waals surface area contributed by atoms with Crippen molar-refractivity contribution in [3.8, 4) is 0 Å². The maximum Gasteiger partial charge on any atom is 0.142 e. The number of hydrogen-bond donors (Lipinski definition) is 0. The van der Waals surface area contributed by atoms with Gasteiger partial charge < -0.3 is 0 Å². The number of allylic oxidation sites excluding steroid dienone is 2. The van der Waals surface area contributed by atoms with E-state index in [-0.39, 0.29) is 0 Å². The Hall–Kier alpha value is -2.15. The Kier molecular flexibility index (Phi) is 4.89. The Morgan fingerprint density at radius 3 is 1.70 bits per heavy atom. The molecule has 0 aliphatic rings. The summed E-state index contributed by atoms with van der Waals surface area (Å²) in [6, 6.07) is 16.7. The van der Waals surface area contributed by atoms with E-state index in [1.807, 2.05) is 12.1 Å². The van der Waals surface area contributed by atoms with Crippen molar-refractivity contribution in [2.24, 2.45) is 0 Å². The molecule has 0 fully saturated rings. The smallest absolute Gasteiger partial charge is 0.142 e. The third-order valence-electron chi connectivity index (χ3n) is 3.66. The third-order valence-corrected chi connectivity index (χ3v) is 3.66. The fourth-order valence-corrected chi connectivity index (χ4v) is 2.38. The number of aryl methyl sites for hydroxylation is 2. The van der Waals surface area contributed by atoms with Crippen LogP contribution in [-0.2, 0) is 17.6 Å². The quantitative estimate of drug-likeness (QED) is 0.584. The monoisotopic (exact) mass is 264 g/mol. The molecule has 0 heterocycles. The maximum atomic E-state index is 10.9. The summed E-state index contributed by atoms with van der Waals surface area (Å²) in [5.41, 5.74) is 6.27. The van der Waals surface area contributed by atoms with Crippen LogP contribution in [-0.4, -0.2) is 6.29 Å². The summed E-state index contributed by atoms with van der Waals surface area (Å²) in [4.78, 5) is 10.9. The van der Waals surface area contributed by atoms with Crippen LogP contribution in [0, 0.1) is 13.8 Å². The minimum Gasteiger partial charge on any atom is -0.299 e. The molecule has 0 amide bonds. The summed E-state index contributed by atoms with van der Waals surface area (Å²) in [6.45, 7) is 4.23. The fraction of sp³-hybridized carbons (Fsp3) is 0.211. The van der Waals surface area contributed by atoms with Gasteiger partial charge in [-0.25, -0.2) is 0 Å². The highest BCUT2D eigenvalue weighted by Crippen LogP contribution is 2.18. The summed E-state index contributed by atoms with van der Waals surface area (Å²) in [5, 5.41) is 0. The van der Waals surface area contributed by atoms with E-state index in [1.54, 1.807) is 6.08 Å². The van der Waals surface area contributed by atoms with E-state index in [4.69, 9.17) is 0 Å². The summed E-state index contributed by atoms with van der Waals surface area (Å²) >= 11 is 0. The topological polar surface area (TPSA) is 17.1 Å². The zero-order chi connectivity index (χ0) is 14.4. The molecule has 0 saturated carbocycles. The molecule has 1 nitrogen and oxygen atoms in total. The number of carbonyl (C=O) groups is 1. The van der Waals surface area contributed by atoms with E-state index in [0.717, 1.165) is 24.7 Å². The maximum absolute atomic E-state index is 10.9. The second kappa shape index (κ2) is 6.85. The Morgan fingerprint density at radius 1 is 0.850 bits per heavy atom. The Balaban J connectivity index is 2.21. The molecule has 2 aromatic carbocycles. The lowest BCUT2D eigenvalue weighted by Gasteiger charge is -2.11. The average molecular weight is 264 g/mol. The van der Waals surface area contributed by atoms with Crippen LogP contribution in [0.15, 0.2) is 60.2 Å². The molecule has 0 atom stereocenters. The zero-order valence-electron chi connectivity index (χ0n) is 12.1. The van der Waals surface area contributed by atoms with Crippen LogP contribution in [0.5, 0.6) is 0 Å². The van der Waals surface area contributed by atoms with E-state index in [1.165, 1.54) is 22.3 Å². The first-order valence-electron chi connectivity index (χ1n) is 6.93. The van der Waals surface area contributed by atoms with Gasteiger partial charge in [0.25, 0.3) is 0 Å². The highest BCUT2D eigenvalue weighted by molar-refractivity contribution is 5.66. The molecule has 102 valence electrons. The summed E-state index contributed by atoms with van der Waals surface area (Å²) in [6.07, 6.45) is 4.27. The molecule has 0 aliphatic carbocycles. The molecule has 2 aromatic rings. The first-order valence-corrected chi connectivity index (χ1v) is 6.93. The fourth-order valence-electron chi connectivity index (χ4n) is 2.38. The molecule has 0 bridgehead atoms.